The number of hydrogen-bond acceptors (Lipinski definition) is 1. The number of hydrogen-bond donors (Lipinski definition) is 0. The minimum atomic E-state index is 0.554. The monoisotopic (exact) mass is 156 g/mol. The van der Waals surface area contributed by atoms with Crippen LogP contribution in [-0.4, -0.2) is 12.7 Å². The highest BCUT2D eigenvalue weighted by Gasteiger charge is 2.19. The van der Waals surface area contributed by atoms with Crippen LogP contribution in [0.1, 0.15) is 40.0 Å². The van der Waals surface area contributed by atoms with Crippen molar-refractivity contribution in [2.75, 3.05) is 6.61 Å². The average Bonchev–Trinajstić information content (AvgIpc) is 1.85. The first-order chi connectivity index (χ1) is 5.18. The van der Waals surface area contributed by atoms with Crippen LogP contribution in [-0.2, 0) is 4.74 Å². The third-order valence-electron chi connectivity index (χ3n) is 2.36. The van der Waals surface area contributed by atoms with Gasteiger partial charge in [0.25, 0.3) is 0 Å². The fourth-order valence-corrected chi connectivity index (χ4v) is 1.76. The van der Waals surface area contributed by atoms with Crippen molar-refractivity contribution in [1.82, 2.24) is 0 Å². The van der Waals surface area contributed by atoms with Crippen LogP contribution in [0.3, 0.4) is 0 Å². The maximum absolute atomic E-state index is 5.66. The lowest BCUT2D eigenvalue weighted by Gasteiger charge is -2.28. The smallest absolute Gasteiger partial charge is 0.0580 e. The number of ether oxygens (including phenoxy) is 1. The molecule has 0 N–H and O–H groups in total. The number of rotatable bonds is 2. The quantitative estimate of drug-likeness (QED) is 0.597. The van der Waals surface area contributed by atoms with Crippen LogP contribution in [0, 0.1) is 11.8 Å². The molecular weight excluding hydrogens is 136 g/mol. The topological polar surface area (TPSA) is 9.23 Å². The van der Waals surface area contributed by atoms with Gasteiger partial charge in [-0.25, -0.2) is 0 Å². The van der Waals surface area contributed by atoms with Gasteiger partial charge in [0.15, 0.2) is 0 Å². The Hall–Kier alpha value is -0.0400. The van der Waals surface area contributed by atoms with Gasteiger partial charge in [-0.1, -0.05) is 20.8 Å². The zero-order valence-electron chi connectivity index (χ0n) is 7.97. The third kappa shape index (κ3) is 3.24. The standard InChI is InChI=1S/C10H20O/c1-8(2)6-10-7-9(3)4-5-11-10/h8-10H,4-7H2,1-3H3/t9-,10?/m0/s1. The molecule has 1 aliphatic heterocycles. The van der Waals surface area contributed by atoms with Gasteiger partial charge in [0.2, 0.25) is 0 Å². The summed E-state index contributed by atoms with van der Waals surface area (Å²) in [6.07, 6.45) is 4.33. The van der Waals surface area contributed by atoms with Crippen LogP contribution < -0.4 is 0 Å². The Labute approximate surface area is 70.1 Å². The Morgan fingerprint density at radius 1 is 1.45 bits per heavy atom. The summed E-state index contributed by atoms with van der Waals surface area (Å²) >= 11 is 0. The zero-order valence-corrected chi connectivity index (χ0v) is 7.97. The summed E-state index contributed by atoms with van der Waals surface area (Å²) in [6.45, 7) is 7.85. The van der Waals surface area contributed by atoms with E-state index in [2.05, 4.69) is 20.8 Å². The SMILES string of the molecule is CC(C)CC1C[C@@H](C)CCO1. The van der Waals surface area contributed by atoms with E-state index in [0.717, 1.165) is 18.4 Å². The predicted molar refractivity (Wildman–Crippen MR) is 47.6 cm³/mol. The molecule has 1 aliphatic rings. The van der Waals surface area contributed by atoms with Crippen molar-refractivity contribution >= 4 is 0 Å². The largest absolute Gasteiger partial charge is 0.378 e. The van der Waals surface area contributed by atoms with Crippen LogP contribution in [0.4, 0.5) is 0 Å². The molecule has 1 heteroatoms. The van der Waals surface area contributed by atoms with Gasteiger partial charge in [-0.3, -0.25) is 0 Å². The van der Waals surface area contributed by atoms with E-state index in [0.29, 0.717) is 6.10 Å². The van der Waals surface area contributed by atoms with E-state index >= 15 is 0 Å². The average molecular weight is 156 g/mol. The van der Waals surface area contributed by atoms with Crippen LogP contribution in [0.25, 0.3) is 0 Å². The Bertz CT molecular complexity index is 107. The molecule has 0 aromatic heterocycles. The van der Waals surface area contributed by atoms with Crippen LogP contribution >= 0.6 is 0 Å². The summed E-state index contributed by atoms with van der Waals surface area (Å²) < 4.78 is 5.66. The van der Waals surface area contributed by atoms with Gasteiger partial charge in [-0.2, -0.15) is 0 Å². The van der Waals surface area contributed by atoms with Crippen molar-refractivity contribution in [1.29, 1.82) is 0 Å². The van der Waals surface area contributed by atoms with Gasteiger partial charge in [0.1, 0.15) is 0 Å². The lowest BCUT2D eigenvalue weighted by atomic mass is 9.93. The molecule has 1 heterocycles. The molecule has 0 aromatic rings. The normalized spacial score (nSPS) is 32.7. The molecule has 0 bridgehead atoms. The summed E-state index contributed by atoms with van der Waals surface area (Å²) in [4.78, 5) is 0. The third-order valence-corrected chi connectivity index (χ3v) is 2.36. The summed E-state index contributed by atoms with van der Waals surface area (Å²) in [5.74, 6) is 1.66. The Kier molecular flexibility index (Phi) is 3.38. The molecule has 1 unspecified atom stereocenters. The highest BCUT2D eigenvalue weighted by Crippen LogP contribution is 2.23. The molecule has 1 fully saturated rings. The van der Waals surface area contributed by atoms with Crippen LogP contribution in [0.15, 0.2) is 0 Å². The second-order valence-electron chi connectivity index (χ2n) is 4.25. The minimum Gasteiger partial charge on any atom is -0.378 e. The molecule has 0 radical (unpaired) electrons. The zero-order chi connectivity index (χ0) is 8.27. The second-order valence-corrected chi connectivity index (χ2v) is 4.25. The summed E-state index contributed by atoms with van der Waals surface area (Å²) in [5.41, 5.74) is 0. The van der Waals surface area contributed by atoms with Gasteiger partial charge in [-0.15, -0.1) is 0 Å². The molecule has 1 saturated heterocycles. The molecule has 2 atom stereocenters. The van der Waals surface area contributed by atoms with E-state index in [1.807, 2.05) is 0 Å². The summed E-state index contributed by atoms with van der Waals surface area (Å²) in [5, 5.41) is 0. The van der Waals surface area contributed by atoms with E-state index in [-0.39, 0.29) is 0 Å². The van der Waals surface area contributed by atoms with Crippen molar-refractivity contribution in [2.24, 2.45) is 11.8 Å². The van der Waals surface area contributed by atoms with E-state index in [1.165, 1.54) is 19.3 Å². The lowest BCUT2D eigenvalue weighted by Crippen LogP contribution is -2.25. The molecule has 0 saturated carbocycles. The first-order valence-electron chi connectivity index (χ1n) is 4.80. The van der Waals surface area contributed by atoms with E-state index in [4.69, 9.17) is 4.74 Å². The Balaban J connectivity index is 2.23. The molecule has 0 amide bonds. The van der Waals surface area contributed by atoms with Gasteiger partial charge in [0, 0.05) is 6.61 Å². The lowest BCUT2D eigenvalue weighted by molar-refractivity contribution is -0.0155. The molecular formula is C10H20O. The Morgan fingerprint density at radius 3 is 2.73 bits per heavy atom. The molecule has 1 nitrogen and oxygen atoms in total. The molecule has 0 aliphatic carbocycles. The van der Waals surface area contributed by atoms with Gasteiger partial charge in [-0.05, 0) is 31.1 Å². The first-order valence-corrected chi connectivity index (χ1v) is 4.80. The van der Waals surface area contributed by atoms with Gasteiger partial charge >= 0.3 is 0 Å². The highest BCUT2D eigenvalue weighted by molar-refractivity contribution is 4.69. The van der Waals surface area contributed by atoms with E-state index in [9.17, 15) is 0 Å². The van der Waals surface area contributed by atoms with E-state index in [1.54, 1.807) is 0 Å². The van der Waals surface area contributed by atoms with Gasteiger partial charge in [0.05, 0.1) is 6.10 Å². The fourth-order valence-electron chi connectivity index (χ4n) is 1.76. The maximum atomic E-state index is 5.66. The second kappa shape index (κ2) is 4.10. The van der Waals surface area contributed by atoms with Crippen LogP contribution in [0.5, 0.6) is 0 Å². The molecule has 0 spiro atoms. The van der Waals surface area contributed by atoms with Crippen molar-refractivity contribution in [3.05, 3.63) is 0 Å². The summed E-state index contributed by atoms with van der Waals surface area (Å²) in [6, 6.07) is 0. The van der Waals surface area contributed by atoms with E-state index < -0.39 is 0 Å². The van der Waals surface area contributed by atoms with Gasteiger partial charge < -0.3 is 4.74 Å². The molecule has 66 valence electrons. The maximum Gasteiger partial charge on any atom is 0.0580 e. The highest BCUT2D eigenvalue weighted by atomic mass is 16.5. The van der Waals surface area contributed by atoms with Crippen molar-refractivity contribution in [2.45, 2.75) is 46.1 Å². The van der Waals surface area contributed by atoms with Crippen molar-refractivity contribution in [3.63, 3.8) is 0 Å². The molecule has 1 rings (SSSR count). The first kappa shape index (κ1) is 9.05. The Morgan fingerprint density at radius 2 is 2.18 bits per heavy atom. The summed E-state index contributed by atoms with van der Waals surface area (Å²) in [7, 11) is 0. The van der Waals surface area contributed by atoms with Crippen molar-refractivity contribution < 1.29 is 4.74 Å². The predicted octanol–water partition coefficient (Wildman–Crippen LogP) is 2.85. The molecule has 0 aromatic carbocycles. The fraction of sp³-hybridized carbons (Fsp3) is 1.00. The minimum absolute atomic E-state index is 0.554. The molecule has 11 heavy (non-hydrogen) atoms. The van der Waals surface area contributed by atoms with Crippen molar-refractivity contribution in [3.8, 4) is 0 Å². The van der Waals surface area contributed by atoms with Crippen LogP contribution in [0.2, 0.25) is 0 Å².